The van der Waals surface area contributed by atoms with Gasteiger partial charge in [0, 0.05) is 11.6 Å². The Kier molecular flexibility index (Phi) is 4.50. The van der Waals surface area contributed by atoms with E-state index in [1.54, 1.807) is 16.8 Å². The minimum Gasteiger partial charge on any atom is -0.494 e. The molecule has 0 aliphatic carbocycles. The Bertz CT molecular complexity index is 573. The van der Waals surface area contributed by atoms with Gasteiger partial charge in [-0.3, -0.25) is 4.79 Å². The van der Waals surface area contributed by atoms with Crippen molar-refractivity contribution >= 4 is 5.78 Å². The van der Waals surface area contributed by atoms with Crippen LogP contribution in [0.1, 0.15) is 43.0 Å². The van der Waals surface area contributed by atoms with Gasteiger partial charge in [-0.05, 0) is 45.0 Å². The molecule has 0 unspecified atom stereocenters. The number of carbonyl (C=O) groups is 1. The van der Waals surface area contributed by atoms with Crippen LogP contribution in [0.5, 0.6) is 5.75 Å². The highest BCUT2D eigenvalue weighted by molar-refractivity contribution is 5.97. The summed E-state index contributed by atoms with van der Waals surface area (Å²) in [5, 5.41) is 4.13. The van der Waals surface area contributed by atoms with Crippen LogP contribution in [0.15, 0.2) is 30.6 Å². The molecule has 0 atom stereocenters. The summed E-state index contributed by atoms with van der Waals surface area (Å²) >= 11 is 0. The number of ketones is 1. The lowest BCUT2D eigenvalue weighted by atomic mass is 10.1. The summed E-state index contributed by atoms with van der Waals surface area (Å²) in [5.74, 6) is 1.50. The van der Waals surface area contributed by atoms with Gasteiger partial charge in [0.15, 0.2) is 5.78 Å². The maximum atomic E-state index is 12.2. The van der Waals surface area contributed by atoms with Crippen molar-refractivity contribution in [2.24, 2.45) is 0 Å². The highest BCUT2D eigenvalue weighted by Crippen LogP contribution is 2.14. The van der Waals surface area contributed by atoms with E-state index in [-0.39, 0.29) is 18.2 Å². The predicted octanol–water partition coefficient (Wildman–Crippen LogP) is 2.68. The molecule has 1 aromatic carbocycles. The average Bonchev–Trinajstić information content (AvgIpc) is 2.88. The first kappa shape index (κ1) is 14.2. The van der Waals surface area contributed by atoms with Gasteiger partial charge >= 0.3 is 0 Å². The van der Waals surface area contributed by atoms with E-state index in [4.69, 9.17) is 4.74 Å². The zero-order valence-electron chi connectivity index (χ0n) is 12.0. The molecule has 2 rings (SSSR count). The zero-order chi connectivity index (χ0) is 14.5. The van der Waals surface area contributed by atoms with Crippen molar-refractivity contribution in [3.05, 3.63) is 42.0 Å². The highest BCUT2D eigenvalue weighted by atomic mass is 16.5. The third kappa shape index (κ3) is 3.23. The molecule has 5 nitrogen and oxygen atoms in total. The Balaban J connectivity index is 2.09. The second kappa shape index (κ2) is 6.32. The Morgan fingerprint density at radius 2 is 2.00 bits per heavy atom. The maximum Gasteiger partial charge on any atom is 0.170 e. The number of hydrogen-bond acceptors (Lipinski definition) is 4. The van der Waals surface area contributed by atoms with E-state index < -0.39 is 0 Å². The molecule has 0 bridgehead atoms. The lowest BCUT2D eigenvalue weighted by Gasteiger charge is -2.09. The molecule has 0 N–H and O–H groups in total. The van der Waals surface area contributed by atoms with Crippen LogP contribution in [0.25, 0.3) is 0 Å². The first-order valence-corrected chi connectivity index (χ1v) is 6.76. The highest BCUT2D eigenvalue weighted by Gasteiger charge is 2.13. The molecule has 106 valence electrons. The molecule has 0 saturated carbocycles. The monoisotopic (exact) mass is 273 g/mol. The predicted molar refractivity (Wildman–Crippen MR) is 76.1 cm³/mol. The van der Waals surface area contributed by atoms with Crippen molar-refractivity contribution in [2.75, 3.05) is 6.61 Å². The number of aromatic nitrogens is 3. The topological polar surface area (TPSA) is 57.0 Å². The van der Waals surface area contributed by atoms with E-state index in [1.807, 2.05) is 32.9 Å². The lowest BCUT2D eigenvalue weighted by Crippen LogP contribution is -2.13. The minimum absolute atomic E-state index is 0.0305. The average molecular weight is 273 g/mol. The van der Waals surface area contributed by atoms with E-state index in [9.17, 15) is 4.79 Å². The van der Waals surface area contributed by atoms with Crippen molar-refractivity contribution in [1.82, 2.24) is 14.8 Å². The van der Waals surface area contributed by atoms with Gasteiger partial charge in [0.1, 0.15) is 17.9 Å². The van der Waals surface area contributed by atoms with E-state index >= 15 is 0 Å². The fraction of sp³-hybridized carbons (Fsp3) is 0.400. The van der Waals surface area contributed by atoms with Crippen LogP contribution >= 0.6 is 0 Å². The molecule has 0 saturated heterocycles. The molecule has 0 amide bonds. The number of ether oxygens (including phenoxy) is 1. The third-order valence-electron chi connectivity index (χ3n) is 2.94. The zero-order valence-corrected chi connectivity index (χ0v) is 12.0. The van der Waals surface area contributed by atoms with Crippen molar-refractivity contribution in [2.45, 2.75) is 33.2 Å². The molecule has 0 fully saturated rings. The van der Waals surface area contributed by atoms with Gasteiger partial charge in [-0.25, -0.2) is 9.67 Å². The first-order valence-electron chi connectivity index (χ1n) is 6.76. The fourth-order valence-corrected chi connectivity index (χ4v) is 1.98. The number of nitrogens with zero attached hydrogens (tertiary/aromatic N) is 3. The molecule has 0 spiro atoms. The largest absolute Gasteiger partial charge is 0.494 e. The number of carbonyl (C=O) groups excluding carboxylic acids is 1. The van der Waals surface area contributed by atoms with Crippen molar-refractivity contribution in [3.63, 3.8) is 0 Å². The van der Waals surface area contributed by atoms with Crippen molar-refractivity contribution in [1.29, 1.82) is 0 Å². The van der Waals surface area contributed by atoms with Crippen LogP contribution in [-0.4, -0.2) is 27.2 Å². The number of benzene rings is 1. The number of Topliss-reactive ketones (excluding diaryl/α,β-unsaturated/α-hetero) is 1. The van der Waals surface area contributed by atoms with Gasteiger partial charge in [0.05, 0.1) is 13.0 Å². The Labute approximate surface area is 118 Å². The van der Waals surface area contributed by atoms with Gasteiger partial charge in [-0.1, -0.05) is 0 Å². The van der Waals surface area contributed by atoms with Gasteiger partial charge in [-0.15, -0.1) is 0 Å². The molecule has 0 radical (unpaired) electrons. The molecule has 5 heteroatoms. The van der Waals surface area contributed by atoms with E-state index in [1.165, 1.54) is 6.33 Å². The lowest BCUT2D eigenvalue weighted by molar-refractivity contribution is 0.0989. The Hall–Kier alpha value is -2.17. The Morgan fingerprint density at radius 1 is 1.30 bits per heavy atom. The van der Waals surface area contributed by atoms with Crippen LogP contribution < -0.4 is 4.74 Å². The van der Waals surface area contributed by atoms with E-state index in [0.717, 1.165) is 5.75 Å². The molecule has 1 heterocycles. The van der Waals surface area contributed by atoms with Crippen LogP contribution in [0, 0.1) is 0 Å². The summed E-state index contributed by atoms with van der Waals surface area (Å²) in [5.41, 5.74) is 0.659. The quantitative estimate of drug-likeness (QED) is 0.759. The van der Waals surface area contributed by atoms with E-state index in [0.29, 0.717) is 18.0 Å². The second-order valence-electron chi connectivity index (χ2n) is 4.77. The third-order valence-corrected chi connectivity index (χ3v) is 2.94. The van der Waals surface area contributed by atoms with Crippen LogP contribution in [0.4, 0.5) is 0 Å². The molecule has 0 aliphatic heterocycles. The second-order valence-corrected chi connectivity index (χ2v) is 4.77. The van der Waals surface area contributed by atoms with Gasteiger partial charge < -0.3 is 4.74 Å². The molecular weight excluding hydrogens is 254 g/mol. The molecule has 20 heavy (non-hydrogen) atoms. The summed E-state index contributed by atoms with van der Waals surface area (Å²) in [6, 6.07) is 7.38. The first-order chi connectivity index (χ1) is 9.61. The molecule has 1 aromatic heterocycles. The summed E-state index contributed by atoms with van der Waals surface area (Å²) < 4.78 is 7.13. The SMILES string of the molecule is CCOc1ccc(C(=O)Cc2ncnn2C(C)C)cc1. The molecular formula is C15H19N3O2. The normalized spacial score (nSPS) is 10.8. The van der Waals surface area contributed by atoms with Crippen LogP contribution in [0.3, 0.4) is 0 Å². The van der Waals surface area contributed by atoms with Crippen LogP contribution in [0.2, 0.25) is 0 Å². The van der Waals surface area contributed by atoms with Gasteiger partial charge in [0.25, 0.3) is 0 Å². The summed E-state index contributed by atoms with van der Waals surface area (Å²) in [4.78, 5) is 16.4. The summed E-state index contributed by atoms with van der Waals surface area (Å²) in [6.07, 6.45) is 1.74. The Morgan fingerprint density at radius 3 is 2.60 bits per heavy atom. The van der Waals surface area contributed by atoms with Gasteiger partial charge in [-0.2, -0.15) is 5.10 Å². The number of hydrogen-bond donors (Lipinski definition) is 0. The van der Waals surface area contributed by atoms with Gasteiger partial charge in [0.2, 0.25) is 0 Å². The van der Waals surface area contributed by atoms with Crippen molar-refractivity contribution < 1.29 is 9.53 Å². The standard InChI is InChI=1S/C15H19N3O2/c1-4-20-13-7-5-12(6-8-13)14(19)9-15-16-10-17-18(15)11(2)3/h5-8,10-11H,4,9H2,1-3H3. The van der Waals surface area contributed by atoms with Crippen LogP contribution in [-0.2, 0) is 6.42 Å². The van der Waals surface area contributed by atoms with E-state index in [2.05, 4.69) is 10.1 Å². The smallest absolute Gasteiger partial charge is 0.170 e. The minimum atomic E-state index is 0.0305. The van der Waals surface area contributed by atoms with Crippen molar-refractivity contribution in [3.8, 4) is 5.75 Å². The fourth-order valence-electron chi connectivity index (χ4n) is 1.98. The maximum absolute atomic E-state index is 12.2. The summed E-state index contributed by atoms with van der Waals surface area (Å²) in [7, 11) is 0. The molecule has 2 aromatic rings. The number of rotatable bonds is 6. The summed E-state index contributed by atoms with van der Waals surface area (Å²) in [6.45, 7) is 6.57. The molecule has 0 aliphatic rings.